The molecule has 0 saturated heterocycles. The molecule has 0 bridgehead atoms. The van der Waals surface area contributed by atoms with Gasteiger partial charge in [0.2, 0.25) is 0 Å². The zero-order valence-electron chi connectivity index (χ0n) is 10.8. The fraction of sp³-hybridized carbons (Fsp3) is 0. The Bertz CT molecular complexity index is 76.5. The minimum atomic E-state index is -4.64. The van der Waals surface area contributed by atoms with Gasteiger partial charge in [-0.3, -0.25) is 0 Å². The Labute approximate surface area is 167 Å². The number of hydrogen-bond acceptors (Lipinski definition) is 1. The normalized spacial score (nSPS) is 6.56. The molecule has 0 amide bonds. The minimum absolute atomic E-state index is 0. The Morgan fingerprint density at radius 3 is 1.00 bits per heavy atom. The molecule has 0 aromatic heterocycles. The Morgan fingerprint density at radius 1 is 1.00 bits per heavy atom. The summed E-state index contributed by atoms with van der Waals surface area (Å²) in [5.74, 6) is 0. The summed E-state index contributed by atoms with van der Waals surface area (Å²) in [6.45, 7) is 0. The van der Waals surface area contributed by atoms with E-state index in [0.717, 1.165) is 0 Å². The first-order valence-electron chi connectivity index (χ1n) is 0.783. The topological polar surface area (TPSA) is 77.8 Å². The fourth-order valence-electron chi connectivity index (χ4n) is 0. The summed E-state index contributed by atoms with van der Waals surface area (Å²) in [4.78, 5) is 21.6. The Hall–Kier alpha value is 4.60. The molecule has 0 rings (SSSR count). The van der Waals surface area contributed by atoms with Crippen molar-refractivity contribution in [3.05, 3.63) is 0 Å². The van der Waals surface area contributed by atoms with Crippen LogP contribution in [0.15, 0.2) is 0 Å². The second-order valence-corrected chi connectivity index (χ2v) is 1.54. The predicted octanol–water partition coefficient (Wildman–Crippen LogP) is -1.40. The molecule has 0 heterocycles. The van der Waals surface area contributed by atoms with E-state index in [1.54, 1.807) is 0 Å². The first-order chi connectivity index (χ1) is 2.00. The summed E-state index contributed by atoms with van der Waals surface area (Å²) >= 11 is 0. The average molecular weight is 272 g/mol. The van der Waals surface area contributed by atoms with Gasteiger partial charge in [0.1, 0.15) is 0 Å². The predicted molar refractivity (Wildman–Crippen MR) is 38.2 cm³/mol. The molecular formula is H9Ca3O4PTi. The molecule has 0 aliphatic heterocycles. The fourth-order valence-corrected chi connectivity index (χ4v) is 0. The molecule has 0 unspecified atom stereocenters. The molecule has 0 radical (unpaired) electrons. The largest absolute Gasteiger partial charge is 2.00 e. The molecule has 0 aromatic rings. The SMILES string of the molecule is O=P(O)(O)O.[Ca+2].[Ca+2].[Ca+2].[H-].[H-].[H-].[H-].[H-].[H-].[Ti]. The summed E-state index contributed by atoms with van der Waals surface area (Å²) in [5.41, 5.74) is 0. The minimum Gasteiger partial charge on any atom is -1.00 e. The summed E-state index contributed by atoms with van der Waals surface area (Å²) in [5, 5.41) is 0. The van der Waals surface area contributed by atoms with Crippen LogP contribution in [-0.2, 0) is 26.3 Å². The third-order valence-corrected chi connectivity index (χ3v) is 0. The first-order valence-corrected chi connectivity index (χ1v) is 2.35. The Morgan fingerprint density at radius 2 is 1.00 bits per heavy atom. The van der Waals surface area contributed by atoms with Crippen LogP contribution >= 0.6 is 7.82 Å². The van der Waals surface area contributed by atoms with E-state index in [-0.39, 0.29) is 143 Å². The molecule has 0 aromatic carbocycles. The van der Waals surface area contributed by atoms with E-state index in [0.29, 0.717) is 0 Å². The standard InChI is InChI=1S/3Ca.H3O4P.Ti.6H/c;;;1-5(2,3)4;;;;;;;/h;;;(H3,1,2,3,4);;;;;;;/q3*+2;;;6*-1. The van der Waals surface area contributed by atoms with Crippen molar-refractivity contribution in [1.82, 2.24) is 0 Å². The van der Waals surface area contributed by atoms with Crippen LogP contribution in [0.1, 0.15) is 8.56 Å². The maximum absolute atomic E-state index is 8.88. The van der Waals surface area contributed by atoms with E-state index in [2.05, 4.69) is 0 Å². The molecule has 0 aliphatic rings. The van der Waals surface area contributed by atoms with Crippen molar-refractivity contribution in [2.45, 2.75) is 0 Å². The van der Waals surface area contributed by atoms with Gasteiger partial charge in [-0.1, -0.05) is 0 Å². The molecular weight excluding hydrogens is 263 g/mol. The van der Waals surface area contributed by atoms with Crippen molar-refractivity contribution in [2.24, 2.45) is 0 Å². The first kappa shape index (κ1) is 29.2. The van der Waals surface area contributed by atoms with Crippen molar-refractivity contribution >= 4 is 121 Å². The molecule has 0 atom stereocenters. The third kappa shape index (κ3) is 66.9. The van der Waals surface area contributed by atoms with Crippen molar-refractivity contribution < 1.29 is 49.5 Å². The molecule has 0 spiro atoms. The van der Waals surface area contributed by atoms with Crippen LogP contribution in [0.3, 0.4) is 0 Å². The third-order valence-electron chi connectivity index (χ3n) is 0. The zero-order chi connectivity index (χ0) is 4.50. The van der Waals surface area contributed by atoms with Crippen LogP contribution in [0.2, 0.25) is 0 Å². The molecule has 9 heteroatoms. The van der Waals surface area contributed by atoms with E-state index >= 15 is 0 Å². The van der Waals surface area contributed by atoms with Crippen molar-refractivity contribution in [3.8, 4) is 0 Å². The average Bonchev–Trinajstić information content (AvgIpc) is 0.722. The van der Waals surface area contributed by atoms with E-state index in [4.69, 9.17) is 19.2 Å². The summed E-state index contributed by atoms with van der Waals surface area (Å²) in [7, 11) is -4.64. The Kier molecular flexibility index (Phi) is 49.0. The summed E-state index contributed by atoms with van der Waals surface area (Å²) < 4.78 is 8.88. The number of phosphoric acid groups is 1. The molecule has 48 valence electrons. The van der Waals surface area contributed by atoms with Crippen LogP contribution in [0.5, 0.6) is 0 Å². The van der Waals surface area contributed by atoms with Crippen molar-refractivity contribution in [3.63, 3.8) is 0 Å². The quantitative estimate of drug-likeness (QED) is 0.374. The van der Waals surface area contributed by atoms with Gasteiger partial charge in [0.25, 0.3) is 0 Å². The summed E-state index contributed by atoms with van der Waals surface area (Å²) in [6, 6.07) is 0. The van der Waals surface area contributed by atoms with Gasteiger partial charge in [-0.2, -0.15) is 0 Å². The van der Waals surface area contributed by atoms with Gasteiger partial charge in [0.15, 0.2) is 0 Å². The van der Waals surface area contributed by atoms with Crippen LogP contribution < -0.4 is 0 Å². The van der Waals surface area contributed by atoms with Crippen LogP contribution in [-0.4, -0.2) is 128 Å². The second-order valence-electron chi connectivity index (χ2n) is 0.513. The second kappa shape index (κ2) is 15.1. The van der Waals surface area contributed by atoms with Gasteiger partial charge in [-0.25, -0.2) is 4.57 Å². The van der Waals surface area contributed by atoms with Gasteiger partial charge in [0, 0.05) is 21.7 Å². The van der Waals surface area contributed by atoms with Gasteiger partial charge in [-0.15, -0.1) is 0 Å². The van der Waals surface area contributed by atoms with Crippen molar-refractivity contribution in [2.75, 3.05) is 0 Å². The van der Waals surface area contributed by atoms with Gasteiger partial charge < -0.3 is 23.2 Å². The zero-order valence-corrected chi connectivity index (χ0v) is 13.9. The molecule has 3 N–H and O–H groups in total. The van der Waals surface area contributed by atoms with Crippen LogP contribution in [0.25, 0.3) is 0 Å². The van der Waals surface area contributed by atoms with E-state index < -0.39 is 7.82 Å². The molecule has 0 aliphatic carbocycles. The van der Waals surface area contributed by atoms with Crippen LogP contribution in [0.4, 0.5) is 0 Å². The maximum atomic E-state index is 8.88. The Balaban J connectivity index is -0.00000000178. The van der Waals surface area contributed by atoms with E-state index in [1.165, 1.54) is 0 Å². The molecule has 9 heavy (non-hydrogen) atoms. The van der Waals surface area contributed by atoms with E-state index in [9.17, 15) is 0 Å². The van der Waals surface area contributed by atoms with Gasteiger partial charge in [0.05, 0.1) is 0 Å². The van der Waals surface area contributed by atoms with Gasteiger partial charge in [-0.05, 0) is 0 Å². The van der Waals surface area contributed by atoms with Crippen LogP contribution in [0, 0.1) is 0 Å². The van der Waals surface area contributed by atoms with Gasteiger partial charge >= 0.3 is 121 Å². The summed E-state index contributed by atoms with van der Waals surface area (Å²) in [6.07, 6.45) is 0. The van der Waals surface area contributed by atoms with Crippen molar-refractivity contribution in [1.29, 1.82) is 0 Å². The monoisotopic (exact) mass is 272 g/mol. The molecule has 0 saturated carbocycles. The molecule has 4 nitrogen and oxygen atoms in total. The van der Waals surface area contributed by atoms with E-state index in [1.807, 2.05) is 0 Å². The molecule has 0 fully saturated rings. The maximum Gasteiger partial charge on any atom is 2.00 e. The number of rotatable bonds is 0. The number of hydrogen-bond donors (Lipinski definition) is 3. The smallest absolute Gasteiger partial charge is 1.00 e.